The molecule has 0 N–H and O–H groups in total. The van der Waals surface area contributed by atoms with E-state index in [4.69, 9.17) is 0 Å². The van der Waals surface area contributed by atoms with Crippen LogP contribution in [0.2, 0.25) is 0 Å². The molecule has 0 unspecified atom stereocenters. The summed E-state index contributed by atoms with van der Waals surface area (Å²) >= 11 is 0. The molecule has 0 saturated carbocycles. The van der Waals surface area contributed by atoms with Gasteiger partial charge in [-0.25, -0.2) is 0 Å². The first-order valence-corrected chi connectivity index (χ1v) is 20.8. The van der Waals surface area contributed by atoms with Crippen molar-refractivity contribution in [2.24, 2.45) is 0 Å². The van der Waals surface area contributed by atoms with Crippen LogP contribution in [0, 0.1) is 0 Å². The van der Waals surface area contributed by atoms with E-state index in [-0.39, 0.29) is 10.8 Å². The molecule has 282 valence electrons. The van der Waals surface area contributed by atoms with E-state index < -0.39 is 0 Å². The normalized spacial score (nSPS) is 14.0. The lowest BCUT2D eigenvalue weighted by atomic mass is 9.81. The Morgan fingerprint density at radius 2 is 0.695 bits per heavy atom. The minimum Gasteiger partial charge on any atom is -0.310 e. The van der Waals surface area contributed by atoms with E-state index in [2.05, 4.69) is 233 Å². The molecule has 1 heteroatoms. The van der Waals surface area contributed by atoms with Gasteiger partial charge in [0.05, 0.1) is 0 Å². The van der Waals surface area contributed by atoms with Gasteiger partial charge >= 0.3 is 0 Å². The molecule has 0 radical (unpaired) electrons. The van der Waals surface area contributed by atoms with Crippen LogP contribution < -0.4 is 4.90 Å². The maximum atomic E-state index is 2.42. The summed E-state index contributed by atoms with van der Waals surface area (Å²) in [5, 5.41) is 2.52. The van der Waals surface area contributed by atoms with Gasteiger partial charge in [0.25, 0.3) is 0 Å². The molecular formula is C58H45N. The molecule has 0 saturated heterocycles. The first-order valence-electron chi connectivity index (χ1n) is 20.8. The van der Waals surface area contributed by atoms with E-state index >= 15 is 0 Å². The highest BCUT2D eigenvalue weighted by molar-refractivity contribution is 5.90. The quantitative estimate of drug-likeness (QED) is 0.163. The number of fused-ring (bicyclic) bond motifs is 7. The number of hydrogen-bond donors (Lipinski definition) is 0. The van der Waals surface area contributed by atoms with E-state index in [1.807, 2.05) is 0 Å². The standard InChI is InChI=1S/C58H45N/c1-57(2)53-18-9-7-16-49(53)51-32-26-45(36-55(51)57)40-24-29-47(30-25-40)59(48-31-33-52-50-17-8-10-19-54(50)58(3,4)56(52)37-48)46-27-22-39(23-28-46)42-14-11-15-43(34-42)44-21-20-38-12-5-6-13-41(38)35-44/h5-37H,1-4H3. The molecular weight excluding hydrogens is 711 g/mol. The van der Waals surface area contributed by atoms with Crippen molar-refractivity contribution >= 4 is 27.8 Å². The van der Waals surface area contributed by atoms with Crippen LogP contribution >= 0.6 is 0 Å². The van der Waals surface area contributed by atoms with E-state index in [1.165, 1.54) is 88.7 Å². The summed E-state index contributed by atoms with van der Waals surface area (Å²) in [6.45, 7) is 9.42. The Labute approximate surface area is 347 Å². The Balaban J connectivity index is 0.971. The summed E-state index contributed by atoms with van der Waals surface area (Å²) in [6.07, 6.45) is 0. The third-order valence-corrected chi connectivity index (χ3v) is 13.3. The highest BCUT2D eigenvalue weighted by Crippen LogP contribution is 2.52. The molecule has 0 atom stereocenters. The molecule has 1 nitrogen and oxygen atoms in total. The van der Waals surface area contributed by atoms with Crippen molar-refractivity contribution in [3.63, 3.8) is 0 Å². The molecule has 0 bridgehead atoms. The van der Waals surface area contributed by atoms with Crippen molar-refractivity contribution in [2.75, 3.05) is 4.90 Å². The van der Waals surface area contributed by atoms with Crippen molar-refractivity contribution < 1.29 is 0 Å². The van der Waals surface area contributed by atoms with Gasteiger partial charge in [0, 0.05) is 27.9 Å². The predicted molar refractivity (Wildman–Crippen MR) is 250 cm³/mol. The summed E-state index contributed by atoms with van der Waals surface area (Å²) in [5.74, 6) is 0. The Kier molecular flexibility index (Phi) is 7.94. The van der Waals surface area contributed by atoms with Crippen LogP contribution in [0.1, 0.15) is 49.9 Å². The van der Waals surface area contributed by atoms with Gasteiger partial charge in [-0.2, -0.15) is 0 Å². The molecule has 9 aromatic rings. The number of anilines is 3. The summed E-state index contributed by atoms with van der Waals surface area (Å²) in [4.78, 5) is 2.42. The maximum Gasteiger partial charge on any atom is 0.0465 e. The zero-order chi connectivity index (χ0) is 39.9. The molecule has 59 heavy (non-hydrogen) atoms. The molecule has 9 aromatic carbocycles. The van der Waals surface area contributed by atoms with Gasteiger partial charge < -0.3 is 4.90 Å². The number of hydrogen-bond acceptors (Lipinski definition) is 1. The van der Waals surface area contributed by atoms with Crippen LogP contribution in [-0.2, 0) is 10.8 Å². The topological polar surface area (TPSA) is 3.24 Å². The molecule has 0 spiro atoms. The number of benzene rings is 9. The highest BCUT2D eigenvalue weighted by Gasteiger charge is 2.37. The predicted octanol–water partition coefficient (Wildman–Crippen LogP) is 15.9. The van der Waals surface area contributed by atoms with Crippen LogP contribution in [0.25, 0.3) is 66.4 Å². The van der Waals surface area contributed by atoms with Gasteiger partial charge in [0.1, 0.15) is 0 Å². The fourth-order valence-electron chi connectivity index (χ4n) is 10.0. The van der Waals surface area contributed by atoms with Gasteiger partial charge in [-0.15, -0.1) is 0 Å². The van der Waals surface area contributed by atoms with Gasteiger partial charge in [0.2, 0.25) is 0 Å². The average molecular weight is 756 g/mol. The van der Waals surface area contributed by atoms with Crippen LogP contribution in [-0.4, -0.2) is 0 Å². The second kappa shape index (κ2) is 13.3. The lowest BCUT2D eigenvalue weighted by molar-refractivity contribution is 0.660. The molecule has 0 heterocycles. The molecule has 2 aliphatic rings. The van der Waals surface area contributed by atoms with Crippen molar-refractivity contribution in [3.05, 3.63) is 222 Å². The van der Waals surface area contributed by atoms with Crippen LogP contribution in [0.3, 0.4) is 0 Å². The fourth-order valence-corrected chi connectivity index (χ4v) is 10.0. The number of nitrogens with zero attached hydrogens (tertiary/aromatic N) is 1. The minimum atomic E-state index is -0.0988. The SMILES string of the molecule is CC1(C)c2ccccc2-c2ccc(-c3ccc(N(c4ccc(-c5cccc(-c6ccc7ccccc7c6)c5)cc4)c4ccc5c(c4)C(C)(C)c4ccccc4-5)cc3)cc21. The summed E-state index contributed by atoms with van der Waals surface area (Å²) in [6, 6.07) is 74.3. The molecule has 0 aliphatic heterocycles. The fraction of sp³-hybridized carbons (Fsp3) is 0.103. The summed E-state index contributed by atoms with van der Waals surface area (Å²) < 4.78 is 0. The second-order valence-electron chi connectivity index (χ2n) is 17.4. The van der Waals surface area contributed by atoms with Crippen molar-refractivity contribution in [2.45, 2.75) is 38.5 Å². The largest absolute Gasteiger partial charge is 0.310 e. The van der Waals surface area contributed by atoms with Crippen LogP contribution in [0.15, 0.2) is 200 Å². The highest BCUT2D eigenvalue weighted by atomic mass is 15.1. The first-order chi connectivity index (χ1) is 28.7. The van der Waals surface area contributed by atoms with Crippen molar-refractivity contribution in [1.82, 2.24) is 0 Å². The van der Waals surface area contributed by atoms with Gasteiger partial charge in [-0.1, -0.05) is 173 Å². The van der Waals surface area contributed by atoms with Gasteiger partial charge in [-0.3, -0.25) is 0 Å². The average Bonchev–Trinajstić information content (AvgIpc) is 3.66. The smallest absolute Gasteiger partial charge is 0.0465 e. The third kappa shape index (κ3) is 5.68. The zero-order valence-electron chi connectivity index (χ0n) is 34.0. The zero-order valence-corrected chi connectivity index (χ0v) is 34.0. The molecule has 11 rings (SSSR count). The summed E-state index contributed by atoms with van der Waals surface area (Å²) in [7, 11) is 0. The van der Waals surface area contributed by atoms with Crippen molar-refractivity contribution in [1.29, 1.82) is 0 Å². The molecule has 0 aromatic heterocycles. The maximum absolute atomic E-state index is 2.42. The first kappa shape index (κ1) is 35.2. The lowest BCUT2D eigenvalue weighted by Crippen LogP contribution is -2.16. The minimum absolute atomic E-state index is 0.0381. The summed E-state index contributed by atoms with van der Waals surface area (Å²) in [5.41, 5.74) is 21.5. The molecule has 0 amide bonds. The Morgan fingerprint density at radius 1 is 0.271 bits per heavy atom. The Hall–Kier alpha value is -6.96. The van der Waals surface area contributed by atoms with Gasteiger partial charge in [-0.05, 0) is 143 Å². The van der Waals surface area contributed by atoms with Crippen molar-refractivity contribution in [3.8, 4) is 55.6 Å². The van der Waals surface area contributed by atoms with Crippen LogP contribution in [0.4, 0.5) is 17.1 Å². The molecule has 2 aliphatic carbocycles. The van der Waals surface area contributed by atoms with Crippen LogP contribution in [0.5, 0.6) is 0 Å². The van der Waals surface area contributed by atoms with E-state index in [1.54, 1.807) is 0 Å². The van der Waals surface area contributed by atoms with E-state index in [0.717, 1.165) is 17.1 Å². The third-order valence-electron chi connectivity index (χ3n) is 13.3. The number of rotatable bonds is 6. The lowest BCUT2D eigenvalue weighted by Gasteiger charge is -2.28. The monoisotopic (exact) mass is 755 g/mol. The van der Waals surface area contributed by atoms with E-state index in [0.29, 0.717) is 0 Å². The van der Waals surface area contributed by atoms with E-state index in [9.17, 15) is 0 Å². The Bertz CT molecular complexity index is 3090. The molecule has 0 fully saturated rings. The second-order valence-corrected chi connectivity index (χ2v) is 17.4. The Morgan fingerprint density at radius 3 is 1.32 bits per heavy atom. The van der Waals surface area contributed by atoms with Gasteiger partial charge in [0.15, 0.2) is 0 Å².